The summed E-state index contributed by atoms with van der Waals surface area (Å²) in [7, 11) is 0. The van der Waals surface area contributed by atoms with E-state index in [1.54, 1.807) is 0 Å². The minimum Gasteiger partial charge on any atom is -0.462 e. The third-order valence-electron chi connectivity index (χ3n) is 14.2. The highest BCUT2D eigenvalue weighted by Crippen LogP contribution is 2.15. The smallest absolute Gasteiger partial charge is 0.306 e. The van der Waals surface area contributed by atoms with Gasteiger partial charge in [0.15, 0.2) is 6.10 Å². The zero-order chi connectivity index (χ0) is 57.8. The highest BCUT2D eigenvalue weighted by atomic mass is 16.6. The first-order valence-corrected chi connectivity index (χ1v) is 33.5. The minimum absolute atomic E-state index is 0.0981. The van der Waals surface area contributed by atoms with Crippen molar-refractivity contribution in [1.29, 1.82) is 0 Å². The van der Waals surface area contributed by atoms with Crippen molar-refractivity contribution in [1.82, 2.24) is 0 Å². The Morgan fingerprint density at radius 2 is 0.487 bits per heavy atom. The molecule has 0 aliphatic heterocycles. The van der Waals surface area contributed by atoms with Crippen molar-refractivity contribution in [3.63, 3.8) is 0 Å². The molecular weight excluding hydrogens is 985 g/mol. The maximum Gasteiger partial charge on any atom is 0.306 e. The summed E-state index contributed by atoms with van der Waals surface area (Å²) in [5.74, 6) is -0.946. The van der Waals surface area contributed by atoms with Gasteiger partial charge in [0.2, 0.25) is 0 Å². The summed E-state index contributed by atoms with van der Waals surface area (Å²) in [6.07, 6.45) is 93.5. The molecule has 0 aliphatic carbocycles. The van der Waals surface area contributed by atoms with Gasteiger partial charge >= 0.3 is 17.9 Å². The summed E-state index contributed by atoms with van der Waals surface area (Å²) in [4.78, 5) is 38.4. The average molecular weight is 1110 g/mol. The minimum atomic E-state index is -0.805. The van der Waals surface area contributed by atoms with Crippen LogP contribution >= 0.6 is 0 Å². The Balaban J connectivity index is 4.46. The van der Waals surface area contributed by atoms with Crippen LogP contribution in [0, 0.1) is 0 Å². The Hall–Kier alpha value is -4.19. The van der Waals surface area contributed by atoms with Gasteiger partial charge in [0.25, 0.3) is 0 Å². The lowest BCUT2D eigenvalue weighted by atomic mass is 10.1. The molecule has 0 radical (unpaired) electrons. The molecule has 1 atom stereocenters. The van der Waals surface area contributed by atoms with Crippen molar-refractivity contribution >= 4 is 17.9 Å². The lowest BCUT2D eigenvalue weighted by molar-refractivity contribution is -0.167. The Morgan fingerprint density at radius 3 is 0.800 bits per heavy atom. The van der Waals surface area contributed by atoms with E-state index in [1.807, 2.05) is 0 Å². The van der Waals surface area contributed by atoms with Crippen LogP contribution in [0.15, 0.2) is 122 Å². The predicted molar refractivity (Wildman–Crippen MR) is 348 cm³/mol. The molecule has 0 bridgehead atoms. The van der Waals surface area contributed by atoms with Gasteiger partial charge in [-0.15, -0.1) is 0 Å². The molecule has 0 aromatic heterocycles. The van der Waals surface area contributed by atoms with Gasteiger partial charge in [-0.2, -0.15) is 0 Å². The maximum atomic E-state index is 12.9. The molecular formula is C74H124O6. The number of carbonyl (C=O) groups excluding carboxylic acids is 3. The van der Waals surface area contributed by atoms with Crippen molar-refractivity contribution in [2.45, 2.75) is 316 Å². The first-order valence-electron chi connectivity index (χ1n) is 33.5. The number of unbranched alkanes of at least 4 members (excludes halogenated alkanes) is 29. The fraction of sp³-hybridized carbons (Fsp3) is 0.689. The third kappa shape index (κ3) is 64.6. The van der Waals surface area contributed by atoms with Crippen molar-refractivity contribution in [2.75, 3.05) is 13.2 Å². The Morgan fingerprint density at radius 1 is 0.263 bits per heavy atom. The standard InChI is InChI=1S/C74H124O6/c1-4-7-10-13-16-19-22-25-28-31-33-34-35-36-37-38-39-40-42-43-46-49-52-55-58-61-64-67-73(76)79-70-71(69-78-72(75)66-63-60-57-54-51-48-45-30-27-24-21-18-15-12-9-6-3)80-74(77)68-65-62-59-56-53-50-47-44-41-32-29-26-23-20-17-14-11-8-5-2/h7,10,16,19,25-26,28-30,33-34,36-37,39-40,43,45-46,52,55,71H,4-6,8-9,11-15,17-18,20-24,27,31-32,35,38,41-42,44,47-51,53-54,56-70H2,1-3H3/b10-7-,19-16-,28-25-,29-26-,34-33-,37-36-,40-39-,45-30-,46-43-,55-52-. The molecule has 0 aliphatic rings. The molecule has 80 heavy (non-hydrogen) atoms. The number of carbonyl (C=O) groups is 3. The third-order valence-corrected chi connectivity index (χ3v) is 14.2. The fourth-order valence-corrected chi connectivity index (χ4v) is 9.15. The van der Waals surface area contributed by atoms with Crippen molar-refractivity contribution in [3.8, 4) is 0 Å². The van der Waals surface area contributed by atoms with Gasteiger partial charge in [0, 0.05) is 19.3 Å². The van der Waals surface area contributed by atoms with Crippen molar-refractivity contribution in [2.24, 2.45) is 0 Å². The van der Waals surface area contributed by atoms with E-state index in [2.05, 4.69) is 142 Å². The van der Waals surface area contributed by atoms with Crippen LogP contribution in [0.25, 0.3) is 0 Å². The zero-order valence-electron chi connectivity index (χ0n) is 52.3. The summed E-state index contributed by atoms with van der Waals surface area (Å²) >= 11 is 0. The first-order chi connectivity index (χ1) is 39.5. The second kappa shape index (κ2) is 67.3. The Labute approximate surface area is 494 Å². The molecule has 0 heterocycles. The number of hydrogen-bond acceptors (Lipinski definition) is 6. The van der Waals surface area contributed by atoms with E-state index >= 15 is 0 Å². The van der Waals surface area contributed by atoms with Gasteiger partial charge in [-0.1, -0.05) is 277 Å². The van der Waals surface area contributed by atoms with Gasteiger partial charge in [0.1, 0.15) is 13.2 Å². The SMILES string of the molecule is CC/C=C\C/C=C\C/C=C\C/C=C\C/C=C\C/C=C\C/C=C\C/C=C\CCCCC(=O)OCC(COC(=O)CCCCCCC/C=C\CCCCCCCCC)OC(=O)CCCCCCCCCCC/C=C\CCCCCCCC. The van der Waals surface area contributed by atoms with Crippen LogP contribution in [0.3, 0.4) is 0 Å². The Bertz CT molecular complexity index is 1650. The summed E-state index contributed by atoms with van der Waals surface area (Å²) in [5.41, 5.74) is 0. The molecule has 0 aromatic rings. The molecule has 0 saturated heterocycles. The normalized spacial score (nSPS) is 12.9. The number of hydrogen-bond donors (Lipinski definition) is 0. The molecule has 0 N–H and O–H groups in total. The van der Waals surface area contributed by atoms with E-state index in [4.69, 9.17) is 14.2 Å². The predicted octanol–water partition coefficient (Wildman–Crippen LogP) is 23.2. The van der Waals surface area contributed by atoms with Crippen LogP contribution in [0.4, 0.5) is 0 Å². The second-order valence-corrected chi connectivity index (χ2v) is 22.0. The molecule has 0 spiro atoms. The largest absolute Gasteiger partial charge is 0.462 e. The average Bonchev–Trinajstić information content (AvgIpc) is 3.46. The van der Waals surface area contributed by atoms with E-state index in [0.29, 0.717) is 25.7 Å². The van der Waals surface area contributed by atoms with E-state index in [0.717, 1.165) is 109 Å². The molecule has 0 rings (SSSR count). The van der Waals surface area contributed by atoms with Gasteiger partial charge < -0.3 is 14.2 Å². The topological polar surface area (TPSA) is 78.9 Å². The van der Waals surface area contributed by atoms with Crippen molar-refractivity contribution < 1.29 is 28.6 Å². The summed E-state index contributed by atoms with van der Waals surface area (Å²) < 4.78 is 16.9. The quantitative estimate of drug-likeness (QED) is 0.0261. The van der Waals surface area contributed by atoms with Crippen molar-refractivity contribution in [3.05, 3.63) is 122 Å². The van der Waals surface area contributed by atoms with Gasteiger partial charge in [-0.05, 0) is 135 Å². The van der Waals surface area contributed by atoms with E-state index in [1.165, 1.54) is 154 Å². The summed E-state index contributed by atoms with van der Waals surface area (Å²) in [6, 6.07) is 0. The van der Waals surface area contributed by atoms with Gasteiger partial charge in [0.05, 0.1) is 0 Å². The molecule has 6 heteroatoms. The molecule has 1 unspecified atom stereocenters. The number of allylic oxidation sites excluding steroid dienone is 20. The van der Waals surface area contributed by atoms with Crippen LogP contribution in [0.1, 0.15) is 310 Å². The number of rotatable bonds is 60. The molecule has 6 nitrogen and oxygen atoms in total. The van der Waals surface area contributed by atoms with E-state index in [9.17, 15) is 14.4 Å². The highest BCUT2D eigenvalue weighted by Gasteiger charge is 2.19. The van der Waals surface area contributed by atoms with Crippen LogP contribution < -0.4 is 0 Å². The molecule has 0 aromatic carbocycles. The van der Waals surface area contributed by atoms with Crippen LogP contribution in [0.5, 0.6) is 0 Å². The maximum absolute atomic E-state index is 12.9. The lowest BCUT2D eigenvalue weighted by Gasteiger charge is -2.18. The summed E-state index contributed by atoms with van der Waals surface area (Å²) in [5, 5.41) is 0. The lowest BCUT2D eigenvalue weighted by Crippen LogP contribution is -2.30. The highest BCUT2D eigenvalue weighted by molar-refractivity contribution is 5.71. The molecule has 0 fully saturated rings. The molecule has 456 valence electrons. The molecule has 0 amide bonds. The van der Waals surface area contributed by atoms with Gasteiger partial charge in [-0.3, -0.25) is 14.4 Å². The summed E-state index contributed by atoms with van der Waals surface area (Å²) in [6.45, 7) is 6.50. The van der Waals surface area contributed by atoms with Gasteiger partial charge in [-0.25, -0.2) is 0 Å². The number of esters is 3. The Kier molecular flexibility index (Phi) is 63.8. The first kappa shape index (κ1) is 75.8. The fourth-order valence-electron chi connectivity index (χ4n) is 9.15. The second-order valence-electron chi connectivity index (χ2n) is 22.0. The van der Waals surface area contributed by atoms with E-state index < -0.39 is 6.10 Å². The van der Waals surface area contributed by atoms with Crippen LogP contribution in [0.2, 0.25) is 0 Å². The molecule has 0 saturated carbocycles. The number of ether oxygens (including phenoxy) is 3. The monoisotopic (exact) mass is 1110 g/mol. The zero-order valence-corrected chi connectivity index (χ0v) is 52.3. The van der Waals surface area contributed by atoms with Crippen LogP contribution in [-0.2, 0) is 28.6 Å². The van der Waals surface area contributed by atoms with E-state index in [-0.39, 0.29) is 31.1 Å². The van der Waals surface area contributed by atoms with Crippen LogP contribution in [-0.4, -0.2) is 37.2 Å².